The number of benzene rings is 2. The number of amides is 1. The van der Waals surface area contributed by atoms with Crippen molar-refractivity contribution in [2.45, 2.75) is 0 Å². The molecule has 0 spiro atoms. The Bertz CT molecular complexity index is 1070. The lowest BCUT2D eigenvalue weighted by Crippen LogP contribution is -2.36. The number of pyridine rings is 1. The number of carbonyl (C=O) groups is 1. The molecule has 5 rings (SSSR count). The Morgan fingerprint density at radius 3 is 2.48 bits per heavy atom. The van der Waals surface area contributed by atoms with Gasteiger partial charge in [0, 0.05) is 42.4 Å². The monoisotopic (exact) mass is 383 g/mol. The summed E-state index contributed by atoms with van der Waals surface area (Å²) in [5.74, 6) is -0.0706. The van der Waals surface area contributed by atoms with Crippen molar-refractivity contribution >= 4 is 28.9 Å². The number of morpholine rings is 1. The Balaban J connectivity index is 1.51. The first kappa shape index (κ1) is 17.6. The quantitative estimate of drug-likeness (QED) is 0.693. The zero-order chi connectivity index (χ0) is 19.6. The number of aromatic nitrogens is 1. The summed E-state index contributed by atoms with van der Waals surface area (Å²) in [7, 11) is 0. The largest absolute Gasteiger partial charge is 0.378 e. The smallest absolute Gasteiger partial charge is 0.256 e. The van der Waals surface area contributed by atoms with E-state index in [1.807, 2.05) is 36.4 Å². The van der Waals surface area contributed by atoms with Crippen LogP contribution in [0.3, 0.4) is 0 Å². The number of anilines is 2. The normalized spacial score (nSPS) is 17.3. The predicted molar refractivity (Wildman–Crippen MR) is 116 cm³/mol. The fourth-order valence-corrected chi connectivity index (χ4v) is 3.93. The van der Waals surface area contributed by atoms with Crippen molar-refractivity contribution < 1.29 is 9.53 Å². The van der Waals surface area contributed by atoms with Crippen LogP contribution >= 0.6 is 0 Å². The molecule has 2 aliphatic heterocycles. The highest BCUT2D eigenvalue weighted by molar-refractivity contribution is 6.36. The Labute approximate surface area is 169 Å². The van der Waals surface area contributed by atoms with E-state index < -0.39 is 0 Å². The maximum absolute atomic E-state index is 12.7. The van der Waals surface area contributed by atoms with Gasteiger partial charge in [0.2, 0.25) is 0 Å². The van der Waals surface area contributed by atoms with Crippen molar-refractivity contribution in [2.24, 2.45) is 0 Å². The minimum atomic E-state index is -0.0706. The number of nitrogens with zero attached hydrogens (tertiary/aromatic N) is 2. The molecule has 0 saturated carbocycles. The average molecular weight is 383 g/mol. The van der Waals surface area contributed by atoms with Crippen LogP contribution in [0, 0.1) is 0 Å². The molecule has 2 aromatic carbocycles. The summed E-state index contributed by atoms with van der Waals surface area (Å²) in [6.45, 7) is 3.35. The molecule has 1 amide bonds. The molecule has 1 N–H and O–H groups in total. The first-order valence-corrected chi connectivity index (χ1v) is 9.79. The molecule has 1 fully saturated rings. The highest BCUT2D eigenvalue weighted by Crippen LogP contribution is 2.40. The number of hydrogen-bond acceptors (Lipinski definition) is 4. The van der Waals surface area contributed by atoms with Gasteiger partial charge >= 0.3 is 0 Å². The van der Waals surface area contributed by atoms with E-state index in [1.165, 1.54) is 5.69 Å². The van der Waals surface area contributed by atoms with Crippen LogP contribution in [0.1, 0.15) is 11.1 Å². The third-order valence-corrected chi connectivity index (χ3v) is 5.40. The molecule has 0 atom stereocenters. The summed E-state index contributed by atoms with van der Waals surface area (Å²) in [5.41, 5.74) is 6.74. The molecule has 29 heavy (non-hydrogen) atoms. The molecule has 5 heteroatoms. The van der Waals surface area contributed by atoms with Crippen molar-refractivity contribution in [1.29, 1.82) is 0 Å². The van der Waals surface area contributed by atoms with Gasteiger partial charge in [0.05, 0.1) is 18.8 Å². The van der Waals surface area contributed by atoms with Gasteiger partial charge < -0.3 is 15.0 Å². The number of ether oxygens (including phenoxy) is 1. The summed E-state index contributed by atoms with van der Waals surface area (Å²) in [4.78, 5) is 19.1. The lowest BCUT2D eigenvalue weighted by atomic mass is 9.94. The molecular weight excluding hydrogens is 362 g/mol. The van der Waals surface area contributed by atoms with Crippen LogP contribution in [0.2, 0.25) is 0 Å². The minimum absolute atomic E-state index is 0.0706. The molecule has 3 aromatic rings. The first-order valence-electron chi connectivity index (χ1n) is 9.79. The van der Waals surface area contributed by atoms with Crippen molar-refractivity contribution in [3.8, 4) is 11.1 Å². The highest BCUT2D eigenvalue weighted by Gasteiger charge is 2.27. The zero-order valence-electron chi connectivity index (χ0n) is 16.0. The van der Waals surface area contributed by atoms with Crippen LogP contribution in [0.5, 0.6) is 0 Å². The number of carbonyl (C=O) groups excluding carboxylic acids is 1. The van der Waals surface area contributed by atoms with Crippen molar-refractivity contribution in [3.63, 3.8) is 0 Å². The van der Waals surface area contributed by atoms with Gasteiger partial charge in [-0.15, -0.1) is 0 Å². The fraction of sp³-hybridized carbons (Fsp3) is 0.167. The van der Waals surface area contributed by atoms with Crippen LogP contribution in [0.15, 0.2) is 67.0 Å². The van der Waals surface area contributed by atoms with Gasteiger partial charge in [-0.05, 0) is 53.1 Å². The number of rotatable bonds is 3. The Hall–Kier alpha value is -3.44. The van der Waals surface area contributed by atoms with Crippen molar-refractivity contribution in [3.05, 3.63) is 78.1 Å². The molecule has 2 aliphatic rings. The van der Waals surface area contributed by atoms with Crippen molar-refractivity contribution in [1.82, 2.24) is 4.98 Å². The second-order valence-corrected chi connectivity index (χ2v) is 7.17. The topological polar surface area (TPSA) is 54.5 Å². The van der Waals surface area contributed by atoms with Crippen LogP contribution in [-0.4, -0.2) is 37.2 Å². The summed E-state index contributed by atoms with van der Waals surface area (Å²) in [6.07, 6.45) is 5.51. The van der Waals surface area contributed by atoms with E-state index in [9.17, 15) is 4.79 Å². The van der Waals surface area contributed by atoms with Crippen LogP contribution in [0.25, 0.3) is 22.8 Å². The van der Waals surface area contributed by atoms with Gasteiger partial charge in [0.25, 0.3) is 5.91 Å². The Morgan fingerprint density at radius 1 is 0.966 bits per heavy atom. The van der Waals surface area contributed by atoms with Crippen LogP contribution < -0.4 is 10.2 Å². The van der Waals surface area contributed by atoms with Crippen molar-refractivity contribution in [2.75, 3.05) is 36.5 Å². The third-order valence-electron chi connectivity index (χ3n) is 5.40. The lowest BCUT2D eigenvalue weighted by Gasteiger charge is -2.28. The van der Waals surface area contributed by atoms with Gasteiger partial charge in [-0.1, -0.05) is 24.3 Å². The SMILES string of the molecule is O=C1Nc2cccc(-c3ccncc3)c2C1=Cc1ccc(N2CCOCC2)cc1. The number of fused-ring (bicyclic) bond motifs is 1. The number of hydrogen-bond donors (Lipinski definition) is 1. The van der Waals surface area contributed by atoms with Gasteiger partial charge in [-0.25, -0.2) is 0 Å². The second kappa shape index (κ2) is 7.53. The molecule has 0 unspecified atom stereocenters. The van der Waals surface area contributed by atoms with E-state index in [2.05, 4.69) is 39.5 Å². The van der Waals surface area contributed by atoms with E-state index in [4.69, 9.17) is 4.74 Å². The maximum atomic E-state index is 12.7. The summed E-state index contributed by atoms with van der Waals surface area (Å²) >= 11 is 0. The molecule has 0 radical (unpaired) electrons. The molecule has 0 aliphatic carbocycles. The zero-order valence-corrected chi connectivity index (χ0v) is 16.0. The second-order valence-electron chi connectivity index (χ2n) is 7.17. The van der Waals surface area contributed by atoms with Crippen LogP contribution in [0.4, 0.5) is 11.4 Å². The van der Waals surface area contributed by atoms with Gasteiger partial charge in [-0.2, -0.15) is 0 Å². The van der Waals surface area contributed by atoms with Gasteiger partial charge in [0.1, 0.15) is 0 Å². The molecule has 5 nitrogen and oxygen atoms in total. The molecule has 3 heterocycles. The molecular formula is C24H21N3O2. The minimum Gasteiger partial charge on any atom is -0.378 e. The predicted octanol–water partition coefficient (Wildman–Crippen LogP) is 4.08. The molecule has 1 saturated heterocycles. The lowest BCUT2D eigenvalue weighted by molar-refractivity contribution is -0.110. The van der Waals surface area contributed by atoms with E-state index >= 15 is 0 Å². The molecule has 1 aromatic heterocycles. The summed E-state index contributed by atoms with van der Waals surface area (Å²) < 4.78 is 5.43. The average Bonchev–Trinajstić information content (AvgIpc) is 3.10. The summed E-state index contributed by atoms with van der Waals surface area (Å²) in [6, 6.07) is 18.2. The van der Waals surface area contributed by atoms with Crippen LogP contribution in [-0.2, 0) is 9.53 Å². The Morgan fingerprint density at radius 2 is 1.72 bits per heavy atom. The molecule has 0 bridgehead atoms. The standard InChI is InChI=1S/C24H21N3O2/c28-24-21(16-17-4-6-19(7-5-17)27-12-14-29-15-13-27)23-20(2-1-3-22(23)26-24)18-8-10-25-11-9-18/h1-11,16H,12-15H2,(H,26,28). The van der Waals surface area contributed by atoms with Gasteiger partial charge in [0.15, 0.2) is 0 Å². The van der Waals surface area contributed by atoms with E-state index in [1.54, 1.807) is 12.4 Å². The van der Waals surface area contributed by atoms with E-state index in [-0.39, 0.29) is 5.91 Å². The fourth-order valence-electron chi connectivity index (χ4n) is 3.93. The number of nitrogens with one attached hydrogen (secondary N) is 1. The van der Waals surface area contributed by atoms with Gasteiger partial charge in [-0.3, -0.25) is 9.78 Å². The third kappa shape index (κ3) is 3.41. The molecule has 144 valence electrons. The van der Waals surface area contributed by atoms with E-state index in [0.29, 0.717) is 5.57 Å². The summed E-state index contributed by atoms with van der Waals surface area (Å²) in [5, 5.41) is 3.00. The van der Waals surface area contributed by atoms with E-state index in [0.717, 1.165) is 54.2 Å². The highest BCUT2D eigenvalue weighted by atomic mass is 16.5. The Kier molecular flexibility index (Phi) is 4.58. The maximum Gasteiger partial charge on any atom is 0.256 e. The first-order chi connectivity index (χ1) is 14.3.